The number of alkyl halides is 1. The maximum Gasteiger partial charge on any atom is 0.280 e. The SMILES string of the molecule is C/C(Cl)=C(/CCl)P(=O)(Cl)Cl. The second-order valence-corrected chi connectivity index (χ2v) is 7.25. The molecule has 1 nitrogen and oxygen atoms in total. The molecule has 0 saturated heterocycles. The van der Waals surface area contributed by atoms with Crippen molar-refractivity contribution in [3.63, 3.8) is 0 Å². The second kappa shape index (κ2) is 4.23. The van der Waals surface area contributed by atoms with Crippen LogP contribution in [0.2, 0.25) is 0 Å². The van der Waals surface area contributed by atoms with E-state index in [0.717, 1.165) is 0 Å². The first-order chi connectivity index (χ1) is 4.39. The van der Waals surface area contributed by atoms with Crippen molar-refractivity contribution < 1.29 is 4.57 Å². The van der Waals surface area contributed by atoms with Crippen LogP contribution in [0.4, 0.5) is 0 Å². The van der Waals surface area contributed by atoms with E-state index in [0.29, 0.717) is 5.03 Å². The molecule has 0 aliphatic carbocycles. The standard InChI is InChI=1S/C4H5Cl4OP/c1-3(6)4(2-5)10(7,8)9/h2H2,1H3/b4-3+. The van der Waals surface area contributed by atoms with Gasteiger partial charge in [-0.25, -0.2) is 0 Å². The molecule has 10 heavy (non-hydrogen) atoms. The summed E-state index contributed by atoms with van der Waals surface area (Å²) in [7, 11) is 0. The molecule has 0 radical (unpaired) electrons. The van der Waals surface area contributed by atoms with Gasteiger partial charge in [-0.05, 0) is 29.4 Å². The minimum Gasteiger partial charge on any atom is -0.284 e. The minimum absolute atomic E-state index is 0.000386. The van der Waals surface area contributed by atoms with E-state index in [1.54, 1.807) is 0 Å². The molecule has 0 spiro atoms. The molecule has 0 bridgehead atoms. The van der Waals surface area contributed by atoms with Gasteiger partial charge in [0.2, 0.25) is 0 Å². The maximum absolute atomic E-state index is 10.9. The van der Waals surface area contributed by atoms with Crippen LogP contribution < -0.4 is 0 Å². The van der Waals surface area contributed by atoms with Gasteiger partial charge in [0, 0.05) is 10.3 Å². The van der Waals surface area contributed by atoms with E-state index in [-0.39, 0.29) is 11.2 Å². The molecular formula is C4H5Cl4OP. The lowest BCUT2D eigenvalue weighted by Crippen LogP contribution is -1.80. The Morgan fingerprint density at radius 1 is 1.50 bits per heavy atom. The first-order valence-corrected chi connectivity index (χ1v) is 6.73. The maximum atomic E-state index is 10.9. The summed E-state index contributed by atoms with van der Waals surface area (Å²) in [4.78, 5) is 0. The largest absolute Gasteiger partial charge is 0.284 e. The lowest BCUT2D eigenvalue weighted by molar-refractivity contribution is 0.596. The topological polar surface area (TPSA) is 17.1 Å². The molecular weight excluding hydrogens is 237 g/mol. The first-order valence-electron chi connectivity index (χ1n) is 2.30. The van der Waals surface area contributed by atoms with E-state index in [4.69, 9.17) is 45.7 Å². The van der Waals surface area contributed by atoms with Crippen molar-refractivity contribution in [2.24, 2.45) is 0 Å². The van der Waals surface area contributed by atoms with Crippen LogP contribution in [0.1, 0.15) is 6.92 Å². The van der Waals surface area contributed by atoms with Crippen LogP contribution in [0.25, 0.3) is 0 Å². The number of halogens is 4. The van der Waals surface area contributed by atoms with E-state index >= 15 is 0 Å². The van der Waals surface area contributed by atoms with E-state index in [9.17, 15) is 4.57 Å². The molecule has 0 atom stereocenters. The molecule has 0 saturated carbocycles. The van der Waals surface area contributed by atoms with Gasteiger partial charge in [-0.2, -0.15) is 0 Å². The van der Waals surface area contributed by atoms with Gasteiger partial charge in [0.1, 0.15) is 0 Å². The Hall–Kier alpha value is 1.13. The number of hydrogen-bond donors (Lipinski definition) is 0. The molecule has 60 valence electrons. The van der Waals surface area contributed by atoms with Gasteiger partial charge in [-0.1, -0.05) is 11.6 Å². The third-order valence-electron chi connectivity index (χ3n) is 0.838. The summed E-state index contributed by atoms with van der Waals surface area (Å²) in [6, 6.07) is 0. The van der Waals surface area contributed by atoms with Crippen LogP contribution in [0, 0.1) is 0 Å². The summed E-state index contributed by atoms with van der Waals surface area (Å²) in [6.45, 7) is 1.54. The quantitative estimate of drug-likeness (QED) is 0.519. The van der Waals surface area contributed by atoms with Gasteiger partial charge in [0.25, 0.3) is 5.85 Å². The van der Waals surface area contributed by atoms with E-state index in [2.05, 4.69) is 0 Å². The zero-order valence-corrected chi connectivity index (χ0v) is 8.99. The number of allylic oxidation sites excluding steroid dienone is 2. The molecule has 0 N–H and O–H groups in total. The Labute approximate surface area is 79.2 Å². The molecule has 0 aliphatic rings. The van der Waals surface area contributed by atoms with Gasteiger partial charge >= 0.3 is 0 Å². The van der Waals surface area contributed by atoms with E-state index < -0.39 is 5.85 Å². The molecule has 6 heteroatoms. The van der Waals surface area contributed by atoms with E-state index in [1.165, 1.54) is 6.92 Å². The van der Waals surface area contributed by atoms with Crippen molar-refractivity contribution >= 4 is 51.5 Å². The predicted octanol–water partition coefficient (Wildman–Crippen LogP) is 4.37. The first kappa shape index (κ1) is 11.1. The molecule has 0 amide bonds. The predicted molar refractivity (Wildman–Crippen MR) is 48.6 cm³/mol. The molecule has 0 aromatic rings. The smallest absolute Gasteiger partial charge is 0.280 e. The molecule has 0 unspecified atom stereocenters. The average Bonchev–Trinajstić information content (AvgIpc) is 1.60. The number of rotatable bonds is 2. The summed E-state index contributed by atoms with van der Waals surface area (Å²) in [6.07, 6.45) is 0. The van der Waals surface area contributed by atoms with Gasteiger partial charge in [-0.3, -0.25) is 4.57 Å². The van der Waals surface area contributed by atoms with Crippen LogP contribution in [-0.4, -0.2) is 5.88 Å². The van der Waals surface area contributed by atoms with Crippen molar-refractivity contribution in [2.45, 2.75) is 6.92 Å². The highest BCUT2D eigenvalue weighted by molar-refractivity contribution is 8.11. The summed E-state index contributed by atoms with van der Waals surface area (Å²) < 4.78 is 10.9. The summed E-state index contributed by atoms with van der Waals surface area (Å²) >= 11 is 21.4. The normalized spacial score (nSPS) is 14.9. The average molecular weight is 242 g/mol. The zero-order valence-electron chi connectivity index (χ0n) is 5.07. The lowest BCUT2D eigenvalue weighted by Gasteiger charge is -2.03. The minimum atomic E-state index is -3.27. The van der Waals surface area contributed by atoms with Crippen LogP contribution in [0.15, 0.2) is 10.3 Å². The molecule has 0 heterocycles. The van der Waals surface area contributed by atoms with Crippen molar-refractivity contribution in [1.82, 2.24) is 0 Å². The monoisotopic (exact) mass is 240 g/mol. The third kappa shape index (κ3) is 3.50. The van der Waals surface area contributed by atoms with Crippen LogP contribution in [0.3, 0.4) is 0 Å². The Morgan fingerprint density at radius 2 is 1.90 bits per heavy atom. The highest BCUT2D eigenvalue weighted by Crippen LogP contribution is 2.65. The lowest BCUT2D eigenvalue weighted by atomic mass is 10.6. The Bertz CT molecular complexity index is 189. The van der Waals surface area contributed by atoms with E-state index in [1.807, 2.05) is 0 Å². The van der Waals surface area contributed by atoms with Crippen LogP contribution in [-0.2, 0) is 4.57 Å². The summed E-state index contributed by atoms with van der Waals surface area (Å²) in [5.74, 6) is -3.27. The van der Waals surface area contributed by atoms with Crippen molar-refractivity contribution in [3.05, 3.63) is 10.3 Å². The molecule has 0 aromatic heterocycles. The number of hydrogen-bond acceptors (Lipinski definition) is 1. The van der Waals surface area contributed by atoms with Gasteiger partial charge in [0.05, 0.1) is 5.88 Å². The highest BCUT2D eigenvalue weighted by Gasteiger charge is 2.21. The zero-order chi connectivity index (χ0) is 8.36. The van der Waals surface area contributed by atoms with Crippen LogP contribution >= 0.6 is 51.5 Å². The van der Waals surface area contributed by atoms with Gasteiger partial charge in [-0.15, -0.1) is 11.6 Å². The Balaban J connectivity index is 4.73. The molecule has 0 aromatic carbocycles. The van der Waals surface area contributed by atoms with Gasteiger partial charge in [0.15, 0.2) is 0 Å². The fourth-order valence-electron chi connectivity index (χ4n) is 0.341. The summed E-state index contributed by atoms with van der Waals surface area (Å²) in [5, 5.41) is 0.502. The van der Waals surface area contributed by atoms with Crippen LogP contribution in [0.5, 0.6) is 0 Å². The summed E-state index contributed by atoms with van der Waals surface area (Å²) in [5.41, 5.74) is 0. The van der Waals surface area contributed by atoms with Crippen molar-refractivity contribution in [3.8, 4) is 0 Å². The van der Waals surface area contributed by atoms with Gasteiger partial charge < -0.3 is 0 Å². The Morgan fingerprint density at radius 3 is 1.90 bits per heavy atom. The fraction of sp³-hybridized carbons (Fsp3) is 0.500. The fourth-order valence-corrected chi connectivity index (χ4v) is 3.78. The Kier molecular flexibility index (Phi) is 4.71. The van der Waals surface area contributed by atoms with Crippen molar-refractivity contribution in [1.29, 1.82) is 0 Å². The second-order valence-electron chi connectivity index (χ2n) is 1.58. The molecule has 0 fully saturated rings. The molecule has 0 aliphatic heterocycles. The molecule has 0 rings (SSSR count). The third-order valence-corrected chi connectivity index (χ3v) is 4.00. The highest BCUT2D eigenvalue weighted by atomic mass is 35.9. The van der Waals surface area contributed by atoms with Crippen molar-refractivity contribution in [2.75, 3.05) is 5.88 Å².